The number of hydrogen-bond acceptors (Lipinski definition) is 5. The number of anilines is 1. The third kappa shape index (κ3) is 3.83. The quantitative estimate of drug-likeness (QED) is 0.741. The van der Waals surface area contributed by atoms with E-state index in [2.05, 4.69) is 46.6 Å². The summed E-state index contributed by atoms with van der Waals surface area (Å²) < 4.78 is 1.79. The Morgan fingerprint density at radius 2 is 1.88 bits per heavy atom. The minimum absolute atomic E-state index is 0.109. The molecule has 0 saturated heterocycles. The number of amides is 1. The number of carbonyl (C=O) groups is 1. The predicted octanol–water partition coefficient (Wildman–Crippen LogP) is 3.86. The molecule has 0 radical (unpaired) electrons. The van der Waals surface area contributed by atoms with E-state index < -0.39 is 0 Å². The van der Waals surface area contributed by atoms with Gasteiger partial charge in [-0.25, -0.2) is 0 Å². The van der Waals surface area contributed by atoms with Crippen LogP contribution in [0.3, 0.4) is 0 Å². The van der Waals surface area contributed by atoms with Crippen LogP contribution in [0.15, 0.2) is 24.3 Å². The van der Waals surface area contributed by atoms with Crippen molar-refractivity contribution in [2.45, 2.75) is 40.0 Å². The Hall–Kier alpha value is -2.54. The molecule has 0 aliphatic carbocycles. The highest BCUT2D eigenvalue weighted by Gasteiger charge is 2.15. The van der Waals surface area contributed by atoms with Crippen LogP contribution in [-0.4, -0.2) is 25.9 Å². The summed E-state index contributed by atoms with van der Waals surface area (Å²) >= 11 is 1.38. The number of carbonyl (C=O) groups excluding carboxylic acids is 1. The molecule has 0 aliphatic rings. The van der Waals surface area contributed by atoms with Gasteiger partial charge in [0, 0.05) is 23.9 Å². The zero-order valence-corrected chi connectivity index (χ0v) is 16.5. The molecule has 3 rings (SSSR count). The third-order valence-corrected chi connectivity index (χ3v) is 5.38. The van der Waals surface area contributed by atoms with Gasteiger partial charge in [-0.05, 0) is 25.3 Å². The lowest BCUT2D eigenvalue weighted by atomic mass is 10.0. The van der Waals surface area contributed by atoms with E-state index in [1.807, 2.05) is 33.0 Å². The predicted molar refractivity (Wildman–Crippen MR) is 104 cm³/mol. The van der Waals surface area contributed by atoms with Gasteiger partial charge in [0.1, 0.15) is 5.01 Å². The van der Waals surface area contributed by atoms with Crippen molar-refractivity contribution >= 4 is 22.4 Å². The lowest BCUT2D eigenvalue weighted by molar-refractivity contribution is -0.115. The fourth-order valence-electron chi connectivity index (χ4n) is 2.80. The first-order chi connectivity index (χ1) is 12.3. The van der Waals surface area contributed by atoms with Gasteiger partial charge in [0.15, 0.2) is 0 Å². The summed E-state index contributed by atoms with van der Waals surface area (Å²) in [6.45, 7) is 8.21. The Morgan fingerprint density at radius 1 is 1.19 bits per heavy atom. The molecule has 0 saturated carbocycles. The Balaban J connectivity index is 1.69. The maximum absolute atomic E-state index is 12.4. The zero-order chi connectivity index (χ0) is 18.8. The Kier molecular flexibility index (Phi) is 5.18. The first-order valence-electron chi connectivity index (χ1n) is 8.58. The lowest BCUT2D eigenvalue weighted by Crippen LogP contribution is -2.15. The molecule has 0 spiro atoms. The van der Waals surface area contributed by atoms with Crippen molar-refractivity contribution in [3.63, 3.8) is 0 Å². The summed E-state index contributed by atoms with van der Waals surface area (Å²) in [7, 11) is 1.88. The average molecular weight is 369 g/mol. The Bertz CT molecular complexity index is 924. The van der Waals surface area contributed by atoms with E-state index in [1.54, 1.807) is 4.68 Å². The van der Waals surface area contributed by atoms with Gasteiger partial charge in [0.25, 0.3) is 0 Å². The molecular formula is C19H23N5OS. The van der Waals surface area contributed by atoms with Crippen molar-refractivity contribution in [3.05, 3.63) is 46.8 Å². The number of aryl methyl sites for hydroxylation is 2. The van der Waals surface area contributed by atoms with Crippen LogP contribution >= 0.6 is 11.3 Å². The minimum atomic E-state index is -0.109. The molecule has 0 atom stereocenters. The van der Waals surface area contributed by atoms with E-state index in [0.717, 1.165) is 27.5 Å². The summed E-state index contributed by atoms with van der Waals surface area (Å²) in [5.41, 5.74) is 5.13. The van der Waals surface area contributed by atoms with E-state index >= 15 is 0 Å². The summed E-state index contributed by atoms with van der Waals surface area (Å²) in [5, 5.41) is 16.8. The van der Waals surface area contributed by atoms with Gasteiger partial charge >= 0.3 is 0 Å². The highest BCUT2D eigenvalue weighted by Crippen LogP contribution is 2.28. The standard InChI is InChI=1S/C19H23N5OS/c1-11(2)14-6-8-15(9-7-14)18-21-22-19(26-18)20-17(25)10-16-12(3)23-24(5)13(16)4/h6-9,11H,10H2,1-5H3,(H,20,22,25). The number of nitrogens with one attached hydrogen (secondary N) is 1. The van der Waals surface area contributed by atoms with E-state index in [9.17, 15) is 4.79 Å². The Morgan fingerprint density at radius 3 is 2.46 bits per heavy atom. The molecule has 0 unspecified atom stereocenters. The first-order valence-corrected chi connectivity index (χ1v) is 9.39. The molecule has 26 heavy (non-hydrogen) atoms. The van der Waals surface area contributed by atoms with Crippen molar-refractivity contribution in [3.8, 4) is 10.6 Å². The molecule has 0 fully saturated rings. The van der Waals surface area contributed by atoms with E-state index in [1.165, 1.54) is 16.9 Å². The van der Waals surface area contributed by atoms with Crippen LogP contribution in [0.25, 0.3) is 10.6 Å². The average Bonchev–Trinajstić information content (AvgIpc) is 3.15. The number of rotatable bonds is 5. The monoisotopic (exact) mass is 369 g/mol. The molecule has 0 aliphatic heterocycles. The molecular weight excluding hydrogens is 346 g/mol. The van der Waals surface area contributed by atoms with Crippen LogP contribution in [0.5, 0.6) is 0 Å². The third-order valence-electron chi connectivity index (χ3n) is 4.49. The fourth-order valence-corrected chi connectivity index (χ4v) is 3.56. The molecule has 1 N–H and O–H groups in total. The number of hydrogen-bond donors (Lipinski definition) is 1. The highest BCUT2D eigenvalue weighted by atomic mass is 32.1. The molecule has 1 amide bonds. The van der Waals surface area contributed by atoms with Gasteiger partial charge in [-0.1, -0.05) is 49.4 Å². The number of nitrogens with zero attached hydrogens (tertiary/aromatic N) is 4. The van der Waals surface area contributed by atoms with E-state index in [0.29, 0.717) is 11.0 Å². The largest absolute Gasteiger partial charge is 0.300 e. The lowest BCUT2D eigenvalue weighted by Gasteiger charge is -2.04. The maximum Gasteiger partial charge on any atom is 0.230 e. The molecule has 0 bridgehead atoms. The van der Waals surface area contributed by atoms with Crippen LogP contribution in [0.1, 0.15) is 42.3 Å². The second-order valence-corrected chi connectivity index (χ2v) is 7.66. The zero-order valence-electron chi connectivity index (χ0n) is 15.7. The van der Waals surface area contributed by atoms with Crippen molar-refractivity contribution in [1.29, 1.82) is 0 Å². The van der Waals surface area contributed by atoms with Crippen molar-refractivity contribution in [2.75, 3.05) is 5.32 Å². The maximum atomic E-state index is 12.4. The summed E-state index contributed by atoms with van der Waals surface area (Å²) in [6.07, 6.45) is 0.281. The normalized spacial score (nSPS) is 11.2. The molecule has 1 aromatic carbocycles. The SMILES string of the molecule is Cc1nn(C)c(C)c1CC(=O)Nc1nnc(-c2ccc(C(C)C)cc2)s1. The topological polar surface area (TPSA) is 72.7 Å². The van der Waals surface area contributed by atoms with Gasteiger partial charge in [0.05, 0.1) is 12.1 Å². The van der Waals surface area contributed by atoms with Gasteiger partial charge in [0.2, 0.25) is 11.0 Å². The van der Waals surface area contributed by atoms with Gasteiger partial charge in [-0.3, -0.25) is 9.48 Å². The summed E-state index contributed by atoms with van der Waals surface area (Å²) in [6, 6.07) is 8.30. The van der Waals surface area contributed by atoms with E-state index in [-0.39, 0.29) is 12.3 Å². The Labute approximate surface area is 157 Å². The van der Waals surface area contributed by atoms with Gasteiger partial charge < -0.3 is 5.32 Å². The van der Waals surface area contributed by atoms with Crippen molar-refractivity contribution < 1.29 is 4.79 Å². The van der Waals surface area contributed by atoms with Crippen LogP contribution in [0, 0.1) is 13.8 Å². The first kappa shape index (κ1) is 18.3. The number of benzene rings is 1. The smallest absolute Gasteiger partial charge is 0.230 e. The van der Waals surface area contributed by atoms with E-state index in [4.69, 9.17) is 0 Å². The van der Waals surface area contributed by atoms with Gasteiger partial charge in [-0.2, -0.15) is 5.10 Å². The van der Waals surface area contributed by atoms with Crippen LogP contribution in [0.2, 0.25) is 0 Å². The van der Waals surface area contributed by atoms with Gasteiger partial charge in [-0.15, -0.1) is 10.2 Å². The molecule has 7 heteroatoms. The van der Waals surface area contributed by atoms with Crippen molar-refractivity contribution in [1.82, 2.24) is 20.0 Å². The fraction of sp³-hybridized carbons (Fsp3) is 0.368. The second kappa shape index (κ2) is 7.37. The van der Waals surface area contributed by atoms with Crippen LogP contribution in [-0.2, 0) is 18.3 Å². The molecule has 136 valence electrons. The number of aromatic nitrogens is 4. The highest BCUT2D eigenvalue weighted by molar-refractivity contribution is 7.18. The second-order valence-electron chi connectivity index (χ2n) is 6.69. The van der Waals surface area contributed by atoms with Crippen molar-refractivity contribution in [2.24, 2.45) is 7.05 Å². The molecule has 2 aromatic heterocycles. The van der Waals surface area contributed by atoms with Crippen LogP contribution < -0.4 is 5.32 Å². The molecule has 6 nitrogen and oxygen atoms in total. The summed E-state index contributed by atoms with van der Waals surface area (Å²) in [5.74, 6) is 0.384. The van der Waals surface area contributed by atoms with Crippen LogP contribution in [0.4, 0.5) is 5.13 Å². The molecule has 3 aromatic rings. The summed E-state index contributed by atoms with van der Waals surface area (Å²) in [4.78, 5) is 12.4. The minimum Gasteiger partial charge on any atom is -0.300 e. The molecule has 2 heterocycles.